The van der Waals surface area contributed by atoms with Crippen LogP contribution in [0.25, 0.3) is 11.4 Å². The van der Waals surface area contributed by atoms with Gasteiger partial charge >= 0.3 is 6.18 Å². The van der Waals surface area contributed by atoms with Gasteiger partial charge in [-0.05, 0) is 31.4 Å². The maximum atomic E-state index is 13.5. The molecule has 0 radical (unpaired) electrons. The highest BCUT2D eigenvalue weighted by Crippen LogP contribution is 2.40. The number of fused-ring (bicyclic) bond motifs is 2. The van der Waals surface area contributed by atoms with E-state index in [-0.39, 0.29) is 29.9 Å². The molecule has 2 aromatic heterocycles. The highest BCUT2D eigenvalue weighted by Gasteiger charge is 2.49. The molecule has 2 bridgehead atoms. The van der Waals surface area contributed by atoms with Crippen molar-refractivity contribution in [3.63, 3.8) is 0 Å². The molecule has 3 atom stereocenters. The summed E-state index contributed by atoms with van der Waals surface area (Å²) in [4.78, 5) is 31.3. The topological polar surface area (TPSA) is 83.9 Å². The highest BCUT2D eigenvalue weighted by molar-refractivity contribution is 6.00. The lowest BCUT2D eigenvalue weighted by Crippen LogP contribution is -2.40. The number of carbonyl (C=O) groups excluding carboxylic acids is 1. The number of alkyl halides is 3. The molecule has 2 saturated heterocycles. The molecule has 2 aliphatic rings. The smallest absolute Gasteiger partial charge is 0.364 e. The molecule has 1 aromatic carbocycles. The standard InChI is InChI=1S/C22H19F3N6O/c23-22(24,25)18-11-29-19(12-28-18)30-16-10-13-6-7-17(16)31(13)21(32)15-5-2-1-4-14(15)20-26-8-3-9-27-20/h1-5,8-9,11-13,16-17H,6-7,10H2,(H,29,30)/t13?,16-,17?/m1/s1. The van der Waals surface area contributed by atoms with Gasteiger partial charge in [-0.1, -0.05) is 18.2 Å². The van der Waals surface area contributed by atoms with Gasteiger partial charge in [0.25, 0.3) is 5.91 Å². The lowest BCUT2D eigenvalue weighted by atomic mass is 9.95. The fraction of sp³-hybridized carbons (Fsp3) is 0.318. The van der Waals surface area contributed by atoms with Gasteiger partial charge in [0, 0.05) is 24.0 Å². The molecule has 10 heteroatoms. The molecule has 7 nitrogen and oxygen atoms in total. The number of hydrogen-bond acceptors (Lipinski definition) is 6. The van der Waals surface area contributed by atoms with Gasteiger partial charge in [-0.3, -0.25) is 4.79 Å². The second-order valence-corrected chi connectivity index (χ2v) is 7.90. The van der Waals surface area contributed by atoms with Crippen LogP contribution in [0.5, 0.6) is 0 Å². The molecular weight excluding hydrogens is 421 g/mol. The average molecular weight is 440 g/mol. The van der Waals surface area contributed by atoms with Crippen LogP contribution in [0.1, 0.15) is 35.3 Å². The number of amides is 1. The Morgan fingerprint density at radius 3 is 2.50 bits per heavy atom. The van der Waals surface area contributed by atoms with E-state index >= 15 is 0 Å². The van der Waals surface area contributed by atoms with Crippen LogP contribution in [0.2, 0.25) is 0 Å². The van der Waals surface area contributed by atoms with E-state index in [0.29, 0.717) is 29.6 Å². The Morgan fingerprint density at radius 2 is 1.78 bits per heavy atom. The fourth-order valence-electron chi connectivity index (χ4n) is 4.64. The predicted octanol–water partition coefficient (Wildman–Crippen LogP) is 3.81. The molecule has 2 aliphatic heterocycles. The minimum absolute atomic E-state index is 0.0529. The molecular formula is C22H19F3N6O. The van der Waals surface area contributed by atoms with Gasteiger partial charge in [0.15, 0.2) is 11.5 Å². The van der Waals surface area contributed by atoms with Crippen LogP contribution in [-0.2, 0) is 6.18 Å². The van der Waals surface area contributed by atoms with Crippen LogP contribution in [-0.4, -0.2) is 48.9 Å². The summed E-state index contributed by atoms with van der Waals surface area (Å²) in [7, 11) is 0. The Hall–Kier alpha value is -3.56. The van der Waals surface area contributed by atoms with E-state index in [9.17, 15) is 18.0 Å². The van der Waals surface area contributed by atoms with Crippen molar-refractivity contribution in [1.29, 1.82) is 0 Å². The summed E-state index contributed by atoms with van der Waals surface area (Å²) < 4.78 is 38.2. The first-order valence-electron chi connectivity index (χ1n) is 10.3. The molecule has 4 heterocycles. The summed E-state index contributed by atoms with van der Waals surface area (Å²) >= 11 is 0. The quantitative estimate of drug-likeness (QED) is 0.664. The molecule has 2 unspecified atom stereocenters. The van der Waals surface area contributed by atoms with E-state index in [1.165, 1.54) is 0 Å². The highest BCUT2D eigenvalue weighted by atomic mass is 19.4. The Bertz CT molecular complexity index is 1120. The monoisotopic (exact) mass is 440 g/mol. The third-order valence-electron chi connectivity index (χ3n) is 6.01. The van der Waals surface area contributed by atoms with Gasteiger partial charge in [0.05, 0.1) is 30.0 Å². The Morgan fingerprint density at radius 1 is 1.00 bits per heavy atom. The van der Waals surface area contributed by atoms with Crippen LogP contribution < -0.4 is 5.32 Å². The van der Waals surface area contributed by atoms with E-state index in [4.69, 9.17) is 0 Å². The third kappa shape index (κ3) is 3.65. The first-order valence-corrected chi connectivity index (χ1v) is 10.3. The average Bonchev–Trinajstić information content (AvgIpc) is 3.37. The predicted molar refractivity (Wildman–Crippen MR) is 110 cm³/mol. The molecule has 1 amide bonds. The van der Waals surface area contributed by atoms with Crippen LogP contribution in [0.4, 0.5) is 19.0 Å². The van der Waals surface area contributed by atoms with E-state index in [1.807, 2.05) is 23.1 Å². The lowest BCUT2D eigenvalue weighted by molar-refractivity contribution is -0.141. The minimum Gasteiger partial charge on any atom is -0.364 e. The van der Waals surface area contributed by atoms with E-state index < -0.39 is 11.9 Å². The number of hydrogen-bond donors (Lipinski definition) is 1. The van der Waals surface area contributed by atoms with Crippen molar-refractivity contribution >= 4 is 11.7 Å². The van der Waals surface area contributed by atoms with Crippen molar-refractivity contribution < 1.29 is 18.0 Å². The van der Waals surface area contributed by atoms with Crippen molar-refractivity contribution in [3.8, 4) is 11.4 Å². The van der Waals surface area contributed by atoms with E-state index in [2.05, 4.69) is 25.3 Å². The van der Waals surface area contributed by atoms with Crippen LogP contribution in [0.3, 0.4) is 0 Å². The first kappa shape index (κ1) is 20.3. The molecule has 0 spiro atoms. The Labute approximate surface area is 181 Å². The van der Waals surface area contributed by atoms with Gasteiger partial charge in [-0.2, -0.15) is 13.2 Å². The molecule has 5 rings (SSSR count). The van der Waals surface area contributed by atoms with Crippen LogP contribution in [0, 0.1) is 0 Å². The van der Waals surface area contributed by atoms with Crippen molar-refractivity contribution in [1.82, 2.24) is 24.8 Å². The van der Waals surface area contributed by atoms with Crippen molar-refractivity contribution in [2.24, 2.45) is 0 Å². The molecule has 164 valence electrons. The maximum absolute atomic E-state index is 13.5. The molecule has 1 N–H and O–H groups in total. The van der Waals surface area contributed by atoms with Gasteiger partial charge < -0.3 is 10.2 Å². The maximum Gasteiger partial charge on any atom is 0.434 e. The normalized spacial score (nSPS) is 22.2. The van der Waals surface area contributed by atoms with E-state index in [1.54, 1.807) is 24.5 Å². The van der Waals surface area contributed by atoms with Gasteiger partial charge in [0.1, 0.15) is 5.82 Å². The SMILES string of the molecule is O=C(c1ccccc1-c1ncccn1)N1C2CCC1[C@H](Nc1cnc(C(F)(F)F)cn1)C2. The molecule has 32 heavy (non-hydrogen) atoms. The largest absolute Gasteiger partial charge is 0.434 e. The lowest BCUT2D eigenvalue weighted by Gasteiger charge is -2.26. The summed E-state index contributed by atoms with van der Waals surface area (Å²) in [6.07, 6.45) is 2.93. The van der Waals surface area contributed by atoms with Gasteiger partial charge in [0.2, 0.25) is 0 Å². The zero-order chi connectivity index (χ0) is 22.3. The zero-order valence-corrected chi connectivity index (χ0v) is 16.8. The number of anilines is 1. The van der Waals surface area contributed by atoms with Gasteiger partial charge in [-0.15, -0.1) is 0 Å². The molecule has 0 saturated carbocycles. The minimum atomic E-state index is -4.53. The van der Waals surface area contributed by atoms with Gasteiger partial charge in [-0.25, -0.2) is 19.9 Å². The van der Waals surface area contributed by atoms with Crippen LogP contribution in [0.15, 0.2) is 55.1 Å². The molecule has 0 aliphatic carbocycles. The third-order valence-corrected chi connectivity index (χ3v) is 6.01. The van der Waals surface area contributed by atoms with Crippen molar-refractivity contribution in [2.45, 2.75) is 43.6 Å². The number of rotatable bonds is 4. The summed E-state index contributed by atoms with van der Waals surface area (Å²) in [5, 5.41) is 3.17. The number of nitrogens with one attached hydrogen (secondary N) is 1. The molecule has 3 aromatic rings. The zero-order valence-electron chi connectivity index (χ0n) is 16.8. The van der Waals surface area contributed by atoms with Crippen molar-refractivity contribution in [2.75, 3.05) is 5.32 Å². The summed E-state index contributed by atoms with van der Waals surface area (Å²) in [6, 6.07) is 8.83. The molecule has 2 fully saturated rings. The summed E-state index contributed by atoms with van der Waals surface area (Å²) in [5.74, 6) is 0.655. The Balaban J connectivity index is 1.36. The van der Waals surface area contributed by atoms with Crippen LogP contribution >= 0.6 is 0 Å². The number of nitrogens with zero attached hydrogens (tertiary/aromatic N) is 5. The second kappa shape index (κ2) is 7.85. The summed E-state index contributed by atoms with van der Waals surface area (Å²) in [5.41, 5.74) is 0.167. The number of halogens is 3. The Kier molecular flexibility index (Phi) is 4.99. The van der Waals surface area contributed by atoms with Crippen molar-refractivity contribution in [3.05, 3.63) is 66.4 Å². The number of carbonyl (C=O) groups is 1. The number of benzene rings is 1. The second-order valence-electron chi connectivity index (χ2n) is 7.90. The van der Waals surface area contributed by atoms with E-state index in [0.717, 1.165) is 19.0 Å². The fourth-order valence-corrected chi connectivity index (χ4v) is 4.64. The summed E-state index contributed by atoms with van der Waals surface area (Å²) in [6.45, 7) is 0. The first-order chi connectivity index (χ1) is 15.4. The number of aromatic nitrogens is 4.